The minimum absolute atomic E-state index is 0.102. The van der Waals surface area contributed by atoms with Gasteiger partial charge < -0.3 is 14.2 Å². The zero-order valence-electron chi connectivity index (χ0n) is 15.4. The molecule has 0 fully saturated rings. The lowest BCUT2D eigenvalue weighted by Gasteiger charge is -2.12. The lowest BCUT2D eigenvalue weighted by molar-refractivity contribution is -0.139. The van der Waals surface area contributed by atoms with Crippen LogP contribution in [0.1, 0.15) is 64.7 Å². The Labute approximate surface area is 144 Å². The fraction of sp³-hybridized carbons (Fsp3) is 0.833. The molecule has 0 aliphatic heterocycles. The van der Waals surface area contributed by atoms with Gasteiger partial charge in [-0.3, -0.25) is 0 Å². The molecule has 0 aromatic rings. The van der Waals surface area contributed by atoms with Crippen molar-refractivity contribution in [1.82, 2.24) is 0 Å². The van der Waals surface area contributed by atoms with Crippen molar-refractivity contribution < 1.29 is 19.0 Å². The molecule has 0 saturated heterocycles. The molecule has 0 unspecified atom stereocenters. The maximum atomic E-state index is 11.2. The summed E-state index contributed by atoms with van der Waals surface area (Å²) in [5.74, 6) is -0.167. The van der Waals surface area contributed by atoms with Gasteiger partial charge in [-0.25, -0.2) is 4.79 Å². The smallest absolute Gasteiger partial charge is 0.333 e. The van der Waals surface area contributed by atoms with Crippen molar-refractivity contribution in [3.8, 4) is 0 Å². The van der Waals surface area contributed by atoms with Crippen LogP contribution in [0.4, 0.5) is 0 Å². The standard InChI is InChI=1S/C18H36O4Si/c1-16(2)17(19)22-14-12-10-8-6-5-7-9-11-13-15-23-18(20-3)21-4/h18H,1,5-15,23H2,2-4H3. The number of ether oxygens (including phenoxy) is 3. The maximum absolute atomic E-state index is 11.2. The highest BCUT2D eigenvalue weighted by molar-refractivity contribution is 6.36. The summed E-state index contributed by atoms with van der Waals surface area (Å²) in [5, 5.41) is 0. The summed E-state index contributed by atoms with van der Waals surface area (Å²) in [6.45, 7) is 5.77. The van der Waals surface area contributed by atoms with Gasteiger partial charge in [0.2, 0.25) is 0 Å². The summed E-state index contributed by atoms with van der Waals surface area (Å²) < 4.78 is 15.5. The highest BCUT2D eigenvalue weighted by atomic mass is 28.2. The van der Waals surface area contributed by atoms with Crippen molar-refractivity contribution in [3.05, 3.63) is 12.2 Å². The molecule has 0 rings (SSSR count). The molecule has 0 aliphatic rings. The van der Waals surface area contributed by atoms with E-state index in [0.29, 0.717) is 12.2 Å². The van der Waals surface area contributed by atoms with E-state index in [1.54, 1.807) is 21.1 Å². The van der Waals surface area contributed by atoms with Gasteiger partial charge in [0.15, 0.2) is 0 Å². The first-order valence-electron chi connectivity index (χ1n) is 9.00. The van der Waals surface area contributed by atoms with E-state index < -0.39 is 0 Å². The number of carbonyl (C=O) groups is 1. The van der Waals surface area contributed by atoms with E-state index in [4.69, 9.17) is 14.2 Å². The zero-order chi connectivity index (χ0) is 17.3. The average molecular weight is 345 g/mol. The molecule has 0 aliphatic carbocycles. The molecule has 0 bridgehead atoms. The number of hydrogen-bond donors (Lipinski definition) is 0. The summed E-state index contributed by atoms with van der Waals surface area (Å²) in [6, 6.07) is 1.31. The average Bonchev–Trinajstić information content (AvgIpc) is 2.55. The number of unbranched alkanes of at least 4 members (excludes halogenated alkanes) is 8. The molecule has 0 aromatic heterocycles. The van der Waals surface area contributed by atoms with Gasteiger partial charge in [-0.1, -0.05) is 64.0 Å². The molecule has 0 heterocycles. The van der Waals surface area contributed by atoms with E-state index in [0.717, 1.165) is 12.8 Å². The molecule has 0 N–H and O–H groups in total. The monoisotopic (exact) mass is 344 g/mol. The molecular formula is C18H36O4Si. The molecular weight excluding hydrogens is 308 g/mol. The van der Waals surface area contributed by atoms with Gasteiger partial charge in [-0.2, -0.15) is 0 Å². The van der Waals surface area contributed by atoms with Gasteiger partial charge in [-0.15, -0.1) is 0 Å². The molecule has 0 amide bonds. The third-order valence-electron chi connectivity index (χ3n) is 3.94. The highest BCUT2D eigenvalue weighted by Gasteiger charge is 2.04. The van der Waals surface area contributed by atoms with Gasteiger partial charge >= 0.3 is 5.97 Å². The summed E-state index contributed by atoms with van der Waals surface area (Å²) in [5.41, 5.74) is 0.479. The normalized spacial score (nSPS) is 11.5. The Kier molecular flexibility index (Phi) is 15.8. The largest absolute Gasteiger partial charge is 0.462 e. The number of hydrogen-bond acceptors (Lipinski definition) is 4. The van der Waals surface area contributed by atoms with Crippen molar-refractivity contribution in [2.45, 2.75) is 76.7 Å². The van der Waals surface area contributed by atoms with E-state index in [9.17, 15) is 4.79 Å². The predicted octanol–water partition coefficient (Wildman–Crippen LogP) is 3.78. The third-order valence-corrected chi connectivity index (χ3v) is 5.99. The van der Waals surface area contributed by atoms with Crippen LogP contribution in [0.15, 0.2) is 12.2 Å². The Bertz CT molecular complexity index is 303. The molecule has 0 spiro atoms. The summed E-state index contributed by atoms with van der Waals surface area (Å²) in [4.78, 5) is 11.2. The number of rotatable bonds is 16. The van der Waals surface area contributed by atoms with Crippen molar-refractivity contribution in [3.63, 3.8) is 0 Å². The van der Waals surface area contributed by atoms with Gasteiger partial charge in [0.05, 0.1) is 16.1 Å². The highest BCUT2D eigenvalue weighted by Crippen LogP contribution is 2.11. The molecule has 0 saturated carbocycles. The van der Waals surface area contributed by atoms with Gasteiger partial charge in [-0.05, 0) is 13.3 Å². The van der Waals surface area contributed by atoms with Crippen LogP contribution in [-0.4, -0.2) is 42.2 Å². The Morgan fingerprint density at radius 3 is 1.87 bits per heavy atom. The number of esters is 1. The molecule has 23 heavy (non-hydrogen) atoms. The second-order valence-corrected chi connectivity index (χ2v) is 8.09. The molecule has 5 heteroatoms. The van der Waals surface area contributed by atoms with Crippen molar-refractivity contribution in [1.29, 1.82) is 0 Å². The predicted molar refractivity (Wildman–Crippen MR) is 98.5 cm³/mol. The Balaban J connectivity index is 3.16. The van der Waals surface area contributed by atoms with E-state index in [1.807, 2.05) is 0 Å². The second-order valence-electron chi connectivity index (χ2n) is 6.14. The zero-order valence-corrected chi connectivity index (χ0v) is 16.8. The van der Waals surface area contributed by atoms with Gasteiger partial charge in [0, 0.05) is 19.8 Å². The lowest BCUT2D eigenvalue weighted by atomic mass is 10.1. The maximum Gasteiger partial charge on any atom is 0.333 e. The van der Waals surface area contributed by atoms with Crippen LogP contribution in [0, 0.1) is 0 Å². The van der Waals surface area contributed by atoms with E-state index in [-0.39, 0.29) is 21.4 Å². The Morgan fingerprint density at radius 1 is 0.913 bits per heavy atom. The van der Waals surface area contributed by atoms with Crippen molar-refractivity contribution in [2.75, 3.05) is 20.8 Å². The molecule has 0 radical (unpaired) electrons. The van der Waals surface area contributed by atoms with Crippen LogP contribution in [0.3, 0.4) is 0 Å². The van der Waals surface area contributed by atoms with Crippen LogP contribution in [-0.2, 0) is 19.0 Å². The SMILES string of the molecule is C=C(C)C(=O)OCCCCCCCCCCC[SiH2]C(OC)OC. The molecule has 0 aromatic carbocycles. The minimum atomic E-state index is -0.268. The number of carbonyl (C=O) groups excluding carboxylic acids is 1. The third kappa shape index (κ3) is 14.7. The van der Waals surface area contributed by atoms with Crippen LogP contribution >= 0.6 is 0 Å². The first-order chi connectivity index (χ1) is 11.1. The van der Waals surface area contributed by atoms with Crippen molar-refractivity contribution in [2.24, 2.45) is 0 Å². The van der Waals surface area contributed by atoms with E-state index in [1.165, 1.54) is 51.0 Å². The topological polar surface area (TPSA) is 44.8 Å². The fourth-order valence-corrected chi connectivity index (χ4v) is 3.89. The summed E-state index contributed by atoms with van der Waals surface area (Å²) in [6.07, 6.45) is 11.3. The van der Waals surface area contributed by atoms with Crippen molar-refractivity contribution >= 4 is 15.5 Å². The summed E-state index contributed by atoms with van der Waals surface area (Å²) in [7, 11) is 3.23. The van der Waals surface area contributed by atoms with Gasteiger partial charge in [0.1, 0.15) is 5.91 Å². The summed E-state index contributed by atoms with van der Waals surface area (Å²) >= 11 is 0. The van der Waals surface area contributed by atoms with Crippen LogP contribution < -0.4 is 0 Å². The van der Waals surface area contributed by atoms with E-state index in [2.05, 4.69) is 6.58 Å². The number of methoxy groups -OCH3 is 2. The molecule has 136 valence electrons. The quantitative estimate of drug-likeness (QED) is 0.140. The van der Waals surface area contributed by atoms with Gasteiger partial charge in [0.25, 0.3) is 0 Å². The van der Waals surface area contributed by atoms with Crippen LogP contribution in [0.2, 0.25) is 6.04 Å². The Morgan fingerprint density at radius 2 is 1.39 bits per heavy atom. The first kappa shape index (κ1) is 22.3. The molecule has 0 atom stereocenters. The second kappa shape index (κ2) is 16.2. The lowest BCUT2D eigenvalue weighted by Crippen LogP contribution is -2.20. The molecule has 4 nitrogen and oxygen atoms in total. The van der Waals surface area contributed by atoms with Crippen LogP contribution in [0.25, 0.3) is 0 Å². The minimum Gasteiger partial charge on any atom is -0.462 e. The van der Waals surface area contributed by atoms with Crippen LogP contribution in [0.5, 0.6) is 0 Å². The fourth-order valence-electron chi connectivity index (χ4n) is 2.45. The van der Waals surface area contributed by atoms with E-state index >= 15 is 0 Å². The first-order valence-corrected chi connectivity index (χ1v) is 10.8. The Hall–Kier alpha value is -0.653.